The molecule has 0 aliphatic carbocycles. The highest BCUT2D eigenvalue weighted by atomic mass is 19.4. The third-order valence-electron chi connectivity index (χ3n) is 1.23. The van der Waals surface area contributed by atoms with Crippen molar-refractivity contribution in [3.8, 4) is 5.88 Å². The summed E-state index contributed by atoms with van der Waals surface area (Å²) in [7, 11) is 0. The van der Waals surface area contributed by atoms with Crippen LogP contribution in [0.15, 0.2) is 12.3 Å². The van der Waals surface area contributed by atoms with E-state index >= 15 is 0 Å². The second-order valence-corrected chi connectivity index (χ2v) is 2.18. The monoisotopic (exact) mass is 209 g/mol. The fraction of sp³-hybridized carbons (Fsp3) is 0.143. The van der Waals surface area contributed by atoms with Crippen LogP contribution in [0.2, 0.25) is 0 Å². The van der Waals surface area contributed by atoms with Crippen LogP contribution in [-0.4, -0.2) is 17.6 Å². The average Bonchev–Trinajstić information content (AvgIpc) is 2.01. The quantitative estimate of drug-likeness (QED) is 0.551. The number of aldehydes is 1. The van der Waals surface area contributed by atoms with E-state index in [9.17, 15) is 22.4 Å². The van der Waals surface area contributed by atoms with E-state index in [1.54, 1.807) is 0 Å². The van der Waals surface area contributed by atoms with Crippen molar-refractivity contribution >= 4 is 6.29 Å². The summed E-state index contributed by atoms with van der Waals surface area (Å²) >= 11 is 0. The number of carbonyl (C=O) groups is 1. The summed E-state index contributed by atoms with van der Waals surface area (Å²) in [5, 5.41) is 0. The Balaban J connectivity index is 3.08. The molecule has 1 rings (SSSR count). The zero-order chi connectivity index (χ0) is 10.8. The van der Waals surface area contributed by atoms with E-state index in [4.69, 9.17) is 0 Å². The lowest BCUT2D eigenvalue weighted by molar-refractivity contribution is -0.276. The van der Waals surface area contributed by atoms with Gasteiger partial charge in [-0.1, -0.05) is 0 Å². The molecule has 7 heteroatoms. The molecule has 0 aliphatic heterocycles. The van der Waals surface area contributed by atoms with E-state index in [1.807, 2.05) is 0 Å². The van der Waals surface area contributed by atoms with Gasteiger partial charge in [0.1, 0.15) is 11.4 Å². The Bertz CT molecular complexity index is 350. The molecule has 0 unspecified atom stereocenters. The molecule has 0 atom stereocenters. The van der Waals surface area contributed by atoms with E-state index in [1.165, 1.54) is 0 Å². The largest absolute Gasteiger partial charge is 0.574 e. The van der Waals surface area contributed by atoms with E-state index < -0.39 is 23.6 Å². The molecule has 0 spiro atoms. The molecular weight excluding hydrogens is 206 g/mol. The zero-order valence-corrected chi connectivity index (χ0v) is 6.51. The smallest absolute Gasteiger partial charge is 0.387 e. The van der Waals surface area contributed by atoms with Gasteiger partial charge < -0.3 is 4.74 Å². The van der Waals surface area contributed by atoms with Gasteiger partial charge in [-0.15, -0.1) is 13.2 Å². The van der Waals surface area contributed by atoms with Gasteiger partial charge in [0, 0.05) is 6.20 Å². The predicted octanol–water partition coefficient (Wildman–Crippen LogP) is 1.93. The Labute approximate surface area is 75.3 Å². The Hall–Kier alpha value is -1.66. The van der Waals surface area contributed by atoms with Gasteiger partial charge in [-0.25, -0.2) is 9.37 Å². The van der Waals surface area contributed by atoms with Gasteiger partial charge in [-0.05, 0) is 6.07 Å². The van der Waals surface area contributed by atoms with Crippen LogP contribution >= 0.6 is 0 Å². The number of nitrogens with zero attached hydrogens (tertiary/aromatic N) is 1. The van der Waals surface area contributed by atoms with Gasteiger partial charge in [0.2, 0.25) is 5.88 Å². The van der Waals surface area contributed by atoms with E-state index in [0.29, 0.717) is 0 Å². The van der Waals surface area contributed by atoms with Crippen molar-refractivity contribution in [3.63, 3.8) is 0 Å². The van der Waals surface area contributed by atoms with Crippen LogP contribution in [0.3, 0.4) is 0 Å². The van der Waals surface area contributed by atoms with Crippen LogP contribution in [0.4, 0.5) is 17.6 Å². The van der Waals surface area contributed by atoms with E-state index in [0.717, 1.165) is 12.3 Å². The van der Waals surface area contributed by atoms with Gasteiger partial charge >= 0.3 is 6.36 Å². The van der Waals surface area contributed by atoms with Gasteiger partial charge in [-0.3, -0.25) is 4.79 Å². The van der Waals surface area contributed by atoms with Crippen LogP contribution in [0, 0.1) is 5.82 Å². The van der Waals surface area contributed by atoms with Crippen molar-refractivity contribution in [1.29, 1.82) is 0 Å². The molecule has 0 aliphatic rings. The normalized spacial score (nSPS) is 11.1. The Morgan fingerprint density at radius 1 is 1.43 bits per heavy atom. The van der Waals surface area contributed by atoms with Crippen molar-refractivity contribution in [1.82, 2.24) is 4.98 Å². The summed E-state index contributed by atoms with van der Waals surface area (Å²) in [6, 6.07) is 0.757. The molecule has 0 aromatic carbocycles. The summed E-state index contributed by atoms with van der Waals surface area (Å²) < 4.78 is 51.1. The Kier molecular flexibility index (Phi) is 2.68. The maximum absolute atomic E-state index is 12.7. The number of ether oxygens (including phenoxy) is 1. The van der Waals surface area contributed by atoms with Crippen LogP contribution in [0.25, 0.3) is 0 Å². The number of alkyl halides is 3. The van der Waals surface area contributed by atoms with Gasteiger partial charge in [-0.2, -0.15) is 0 Å². The molecular formula is C7H3F4NO2. The standard InChI is InChI=1S/C7H3F4NO2/c8-5-1-2-12-6(4(5)3-13)14-7(9,10)11/h1-3H. The fourth-order valence-electron chi connectivity index (χ4n) is 0.730. The van der Waals surface area contributed by atoms with Crippen LogP contribution in [-0.2, 0) is 0 Å². The molecule has 0 bridgehead atoms. The summed E-state index contributed by atoms with van der Waals surface area (Å²) in [4.78, 5) is 13.3. The second-order valence-electron chi connectivity index (χ2n) is 2.18. The molecule has 0 saturated carbocycles. The number of rotatable bonds is 2. The third kappa shape index (κ3) is 2.41. The van der Waals surface area contributed by atoms with E-state index in [-0.39, 0.29) is 6.29 Å². The summed E-state index contributed by atoms with van der Waals surface area (Å²) in [5.74, 6) is -2.21. The molecule has 76 valence electrons. The topological polar surface area (TPSA) is 39.2 Å². The zero-order valence-electron chi connectivity index (χ0n) is 6.51. The minimum absolute atomic E-state index is 0.0938. The van der Waals surface area contributed by atoms with Gasteiger partial charge in [0.15, 0.2) is 6.29 Å². The highest BCUT2D eigenvalue weighted by Crippen LogP contribution is 2.24. The van der Waals surface area contributed by atoms with E-state index in [2.05, 4.69) is 9.72 Å². The number of aromatic nitrogens is 1. The number of pyridine rings is 1. The number of hydrogen-bond acceptors (Lipinski definition) is 3. The highest BCUT2D eigenvalue weighted by molar-refractivity contribution is 5.78. The Morgan fingerprint density at radius 2 is 2.07 bits per heavy atom. The maximum Gasteiger partial charge on any atom is 0.574 e. The molecule has 1 aromatic heterocycles. The van der Waals surface area contributed by atoms with Gasteiger partial charge in [0.25, 0.3) is 0 Å². The molecule has 14 heavy (non-hydrogen) atoms. The summed E-state index contributed by atoms with van der Waals surface area (Å²) in [6.07, 6.45) is -4.33. The first-order chi connectivity index (χ1) is 6.44. The lowest BCUT2D eigenvalue weighted by Gasteiger charge is -2.08. The number of halogens is 4. The van der Waals surface area contributed by atoms with Crippen molar-refractivity contribution < 1.29 is 27.1 Å². The first-order valence-electron chi connectivity index (χ1n) is 3.29. The minimum Gasteiger partial charge on any atom is -0.387 e. The lowest BCUT2D eigenvalue weighted by atomic mass is 10.3. The number of hydrogen-bond donors (Lipinski definition) is 0. The van der Waals surface area contributed by atoms with Crippen molar-refractivity contribution in [3.05, 3.63) is 23.6 Å². The minimum atomic E-state index is -5.00. The third-order valence-corrected chi connectivity index (χ3v) is 1.23. The molecule has 0 saturated heterocycles. The maximum atomic E-state index is 12.7. The Morgan fingerprint density at radius 3 is 2.57 bits per heavy atom. The lowest BCUT2D eigenvalue weighted by Crippen LogP contribution is -2.19. The molecule has 0 fully saturated rings. The molecule has 1 heterocycles. The number of carbonyl (C=O) groups excluding carboxylic acids is 1. The van der Waals surface area contributed by atoms with Crippen LogP contribution in [0.1, 0.15) is 10.4 Å². The highest BCUT2D eigenvalue weighted by Gasteiger charge is 2.33. The average molecular weight is 209 g/mol. The molecule has 0 N–H and O–H groups in total. The second kappa shape index (κ2) is 3.60. The predicted molar refractivity (Wildman–Crippen MR) is 36.3 cm³/mol. The first-order valence-corrected chi connectivity index (χ1v) is 3.29. The van der Waals surface area contributed by atoms with Crippen molar-refractivity contribution in [2.24, 2.45) is 0 Å². The molecule has 0 radical (unpaired) electrons. The SMILES string of the molecule is O=Cc1c(F)ccnc1OC(F)(F)F. The van der Waals surface area contributed by atoms with Crippen LogP contribution < -0.4 is 4.74 Å². The summed E-state index contributed by atoms with van der Waals surface area (Å²) in [5.41, 5.74) is -0.857. The van der Waals surface area contributed by atoms with Crippen LogP contribution in [0.5, 0.6) is 5.88 Å². The fourth-order valence-corrected chi connectivity index (χ4v) is 0.730. The molecule has 0 amide bonds. The van der Waals surface area contributed by atoms with Crippen molar-refractivity contribution in [2.45, 2.75) is 6.36 Å². The van der Waals surface area contributed by atoms with Gasteiger partial charge in [0.05, 0.1) is 0 Å². The summed E-state index contributed by atoms with van der Waals surface area (Å²) in [6.45, 7) is 0. The molecule has 3 nitrogen and oxygen atoms in total. The van der Waals surface area contributed by atoms with Crippen molar-refractivity contribution in [2.75, 3.05) is 0 Å². The first kappa shape index (κ1) is 10.4. The molecule has 1 aromatic rings.